The van der Waals surface area contributed by atoms with Crippen LogP contribution in [0.5, 0.6) is 0 Å². The fourth-order valence-electron chi connectivity index (χ4n) is 3.78. The molecular weight excluding hydrogens is 388 g/mol. The van der Waals surface area contributed by atoms with Crippen LogP contribution in [0.15, 0.2) is 64.8 Å². The van der Waals surface area contributed by atoms with Crippen molar-refractivity contribution in [2.24, 2.45) is 4.40 Å². The molecule has 0 saturated carbocycles. The van der Waals surface area contributed by atoms with Crippen LogP contribution in [0.4, 0.5) is 0 Å². The van der Waals surface area contributed by atoms with Crippen LogP contribution in [0.2, 0.25) is 0 Å². The number of amides is 1. The summed E-state index contributed by atoms with van der Waals surface area (Å²) in [7, 11) is -3.71. The van der Waals surface area contributed by atoms with Crippen molar-refractivity contribution < 1.29 is 13.2 Å². The molecule has 29 heavy (non-hydrogen) atoms. The summed E-state index contributed by atoms with van der Waals surface area (Å²) in [5, 5.41) is 3.04. The first-order valence-corrected chi connectivity index (χ1v) is 11.0. The normalized spacial score (nSPS) is 19.2. The van der Waals surface area contributed by atoms with Gasteiger partial charge in [-0.25, -0.2) is 0 Å². The Morgan fingerprint density at radius 1 is 1.07 bits per heavy atom. The second kappa shape index (κ2) is 7.79. The Morgan fingerprint density at radius 2 is 1.72 bits per heavy atom. The minimum atomic E-state index is -3.71. The molecule has 3 heterocycles. The quantitative estimate of drug-likeness (QED) is 0.839. The van der Waals surface area contributed by atoms with E-state index in [0.29, 0.717) is 35.6 Å². The molecule has 0 radical (unpaired) electrons. The minimum absolute atomic E-state index is 0.0448. The maximum absolute atomic E-state index is 12.7. The van der Waals surface area contributed by atoms with Gasteiger partial charge < -0.3 is 10.2 Å². The van der Waals surface area contributed by atoms with Gasteiger partial charge >= 0.3 is 0 Å². The summed E-state index contributed by atoms with van der Waals surface area (Å²) in [5.41, 5.74) is 1.92. The summed E-state index contributed by atoms with van der Waals surface area (Å²) in [4.78, 5) is 18.5. The van der Waals surface area contributed by atoms with Crippen LogP contribution in [-0.4, -0.2) is 49.2 Å². The molecule has 1 amide bonds. The number of hydrogen-bond donors (Lipinski definition) is 1. The zero-order valence-electron chi connectivity index (χ0n) is 16.1. The molecule has 0 bridgehead atoms. The number of carbonyl (C=O) groups excluding carboxylic acids is 1. The highest BCUT2D eigenvalue weighted by atomic mass is 32.2. The fourth-order valence-corrected chi connectivity index (χ4v) is 5.26. The predicted molar refractivity (Wildman–Crippen MR) is 112 cm³/mol. The maximum Gasteiger partial charge on any atom is 0.285 e. The van der Waals surface area contributed by atoms with E-state index in [4.69, 9.17) is 0 Å². The van der Waals surface area contributed by atoms with E-state index in [1.54, 1.807) is 36.7 Å². The van der Waals surface area contributed by atoms with E-state index in [0.717, 1.165) is 12.8 Å². The highest BCUT2D eigenvalue weighted by molar-refractivity contribution is 8.00. The van der Waals surface area contributed by atoms with Gasteiger partial charge in [0.25, 0.3) is 15.9 Å². The van der Waals surface area contributed by atoms with Crippen LogP contribution in [0, 0.1) is 0 Å². The minimum Gasteiger partial charge on any atom is -0.356 e. The third-order valence-corrected chi connectivity index (χ3v) is 6.72. The van der Waals surface area contributed by atoms with Gasteiger partial charge in [0.05, 0.1) is 0 Å². The lowest BCUT2D eigenvalue weighted by molar-refractivity contribution is 0.0922. The number of nitrogens with one attached hydrogen (secondary N) is 1. The van der Waals surface area contributed by atoms with Crippen molar-refractivity contribution >= 4 is 26.7 Å². The number of amidine groups is 1. The smallest absolute Gasteiger partial charge is 0.285 e. The molecule has 1 aromatic carbocycles. The Labute approximate surface area is 170 Å². The molecule has 0 unspecified atom stereocenters. The predicted octanol–water partition coefficient (Wildman–Crippen LogP) is 2.45. The molecule has 2 aromatic rings. The summed E-state index contributed by atoms with van der Waals surface area (Å²) < 4.78 is 29.4. The lowest BCUT2D eigenvalue weighted by atomic mass is 10.0. The molecule has 8 heteroatoms. The van der Waals surface area contributed by atoms with Gasteiger partial charge in [0.2, 0.25) is 0 Å². The van der Waals surface area contributed by atoms with E-state index < -0.39 is 10.0 Å². The van der Waals surface area contributed by atoms with Crippen LogP contribution in [0.1, 0.15) is 35.7 Å². The number of pyridine rings is 1. The van der Waals surface area contributed by atoms with E-state index in [2.05, 4.69) is 14.7 Å². The number of likely N-dealkylation sites (tertiary alicyclic amines) is 1. The van der Waals surface area contributed by atoms with E-state index in [9.17, 15) is 13.2 Å². The van der Waals surface area contributed by atoms with Crippen LogP contribution in [0.3, 0.4) is 0 Å². The molecule has 150 valence electrons. The van der Waals surface area contributed by atoms with Gasteiger partial charge in [0, 0.05) is 42.7 Å². The molecule has 2 aliphatic rings. The molecular formula is C21H22N4O3S. The number of aromatic nitrogens is 1. The van der Waals surface area contributed by atoms with Gasteiger partial charge in [-0.15, -0.1) is 4.40 Å². The maximum atomic E-state index is 12.7. The Morgan fingerprint density at radius 3 is 2.38 bits per heavy atom. The highest BCUT2D eigenvalue weighted by Gasteiger charge is 2.34. The number of sulfonamides is 1. The van der Waals surface area contributed by atoms with Crippen molar-refractivity contribution in [3.8, 4) is 0 Å². The zero-order chi connectivity index (χ0) is 20.4. The lowest BCUT2D eigenvalue weighted by Crippen LogP contribution is -2.46. The first kappa shape index (κ1) is 19.3. The molecule has 1 fully saturated rings. The van der Waals surface area contributed by atoms with Crippen molar-refractivity contribution in [3.05, 3.63) is 71.6 Å². The van der Waals surface area contributed by atoms with Crippen molar-refractivity contribution in [1.82, 2.24) is 15.2 Å². The van der Waals surface area contributed by atoms with Gasteiger partial charge in [0.1, 0.15) is 10.7 Å². The molecule has 2 aliphatic heterocycles. The Kier molecular flexibility index (Phi) is 5.19. The third kappa shape index (κ3) is 3.93. The van der Waals surface area contributed by atoms with E-state index in [1.165, 1.54) is 0 Å². The Hall–Kier alpha value is -3.00. The summed E-state index contributed by atoms with van der Waals surface area (Å²) in [5.74, 6) is 0.400. The van der Waals surface area contributed by atoms with Crippen LogP contribution in [0.25, 0.3) is 4.91 Å². The standard InChI is InChI=1S/C21H22N4O3S/c1-15-19(16-5-3-2-4-6-16)29(27,28)24-20(15)25-13-9-18(10-14-25)23-21(26)17-7-11-22-12-8-17/h2-8,11-12,18H,9-10,13-14H2,1H3,(H,23,26). The van der Waals surface area contributed by atoms with Gasteiger partial charge in [-0.05, 0) is 37.5 Å². The van der Waals surface area contributed by atoms with Gasteiger partial charge in [-0.2, -0.15) is 8.42 Å². The summed E-state index contributed by atoms with van der Waals surface area (Å²) in [6, 6.07) is 12.5. The number of hydrogen-bond acceptors (Lipinski definition) is 5. The van der Waals surface area contributed by atoms with Crippen LogP contribution in [-0.2, 0) is 10.0 Å². The van der Waals surface area contributed by atoms with Crippen molar-refractivity contribution in [3.63, 3.8) is 0 Å². The van der Waals surface area contributed by atoms with Crippen LogP contribution < -0.4 is 5.32 Å². The average Bonchev–Trinajstić information content (AvgIpc) is 2.98. The van der Waals surface area contributed by atoms with Crippen molar-refractivity contribution in [1.29, 1.82) is 0 Å². The summed E-state index contributed by atoms with van der Waals surface area (Å²) in [6.45, 7) is 3.08. The fraction of sp³-hybridized carbons (Fsp3) is 0.286. The number of rotatable bonds is 3. The lowest BCUT2D eigenvalue weighted by Gasteiger charge is -2.33. The van der Waals surface area contributed by atoms with Crippen LogP contribution >= 0.6 is 0 Å². The Bertz CT molecular complexity index is 1070. The van der Waals surface area contributed by atoms with E-state index in [-0.39, 0.29) is 16.9 Å². The molecule has 0 aliphatic carbocycles. The number of benzene rings is 1. The highest BCUT2D eigenvalue weighted by Crippen LogP contribution is 2.34. The first-order valence-electron chi connectivity index (χ1n) is 9.53. The first-order chi connectivity index (χ1) is 14.0. The molecule has 7 nitrogen and oxygen atoms in total. The topological polar surface area (TPSA) is 91.7 Å². The number of nitrogens with zero attached hydrogens (tertiary/aromatic N) is 3. The average molecular weight is 410 g/mol. The molecule has 0 spiro atoms. The Balaban J connectivity index is 1.45. The number of piperidine rings is 1. The number of carbonyl (C=O) groups is 1. The zero-order valence-corrected chi connectivity index (χ0v) is 16.9. The SMILES string of the molecule is CC1=C(c2ccccc2)S(=O)(=O)N=C1N1CCC(NC(=O)c2ccncc2)CC1. The molecule has 0 atom stereocenters. The second-order valence-electron chi connectivity index (χ2n) is 7.18. The van der Waals surface area contributed by atoms with Gasteiger partial charge in [0.15, 0.2) is 0 Å². The largest absolute Gasteiger partial charge is 0.356 e. The van der Waals surface area contributed by atoms with Crippen molar-refractivity contribution in [2.45, 2.75) is 25.8 Å². The third-order valence-electron chi connectivity index (χ3n) is 5.25. The monoisotopic (exact) mass is 410 g/mol. The van der Waals surface area contributed by atoms with E-state index in [1.807, 2.05) is 30.0 Å². The summed E-state index contributed by atoms with van der Waals surface area (Å²) >= 11 is 0. The second-order valence-corrected chi connectivity index (χ2v) is 8.72. The molecule has 4 rings (SSSR count). The molecule has 1 aromatic heterocycles. The van der Waals surface area contributed by atoms with Gasteiger partial charge in [-0.3, -0.25) is 9.78 Å². The van der Waals surface area contributed by atoms with E-state index >= 15 is 0 Å². The van der Waals surface area contributed by atoms with Crippen molar-refractivity contribution in [2.75, 3.05) is 13.1 Å². The molecule has 1 N–H and O–H groups in total. The summed E-state index contributed by atoms with van der Waals surface area (Å²) in [6.07, 6.45) is 4.64. The molecule has 1 saturated heterocycles. The van der Waals surface area contributed by atoms with Gasteiger partial charge in [-0.1, -0.05) is 30.3 Å².